The van der Waals surface area contributed by atoms with Gasteiger partial charge in [-0.05, 0) is 24.3 Å². The van der Waals surface area contributed by atoms with Gasteiger partial charge in [0.05, 0.1) is 22.3 Å². The van der Waals surface area contributed by atoms with Crippen LogP contribution in [0, 0.1) is 10.1 Å². The molecule has 0 aliphatic carbocycles. The number of nitro groups is 1. The number of pyridine rings is 1. The molecule has 0 aliphatic heterocycles. The van der Waals surface area contributed by atoms with Crippen LogP contribution in [0.25, 0.3) is 10.9 Å². The molecule has 0 aliphatic rings. The molecule has 0 saturated carbocycles. The third-order valence-electron chi connectivity index (χ3n) is 3.67. The van der Waals surface area contributed by atoms with Crippen LogP contribution in [0.4, 0.5) is 11.4 Å². The van der Waals surface area contributed by atoms with Crippen molar-refractivity contribution in [3.63, 3.8) is 0 Å². The molecule has 9 heteroatoms. The molecule has 0 saturated heterocycles. The van der Waals surface area contributed by atoms with Crippen molar-refractivity contribution in [2.45, 2.75) is 4.90 Å². The van der Waals surface area contributed by atoms with Gasteiger partial charge in [0.1, 0.15) is 4.90 Å². The summed E-state index contributed by atoms with van der Waals surface area (Å²) in [7, 11) is -3.79. The lowest BCUT2D eigenvalue weighted by Crippen LogP contribution is -2.13. The minimum atomic E-state index is -3.79. The number of hydrogen-bond donors (Lipinski definition) is 1. The van der Waals surface area contributed by atoms with E-state index >= 15 is 0 Å². The van der Waals surface area contributed by atoms with Crippen LogP contribution >= 0.6 is 0 Å². The van der Waals surface area contributed by atoms with E-state index in [1.54, 1.807) is 6.07 Å². The number of nitrogens with zero attached hydrogens (tertiary/aromatic N) is 2. The van der Waals surface area contributed by atoms with Gasteiger partial charge in [-0.25, -0.2) is 8.42 Å². The lowest BCUT2D eigenvalue weighted by Gasteiger charge is -2.07. The Morgan fingerprint density at radius 2 is 1.88 bits per heavy atom. The fraction of sp³-hybridized carbons (Fsp3) is 0.0588. The van der Waals surface area contributed by atoms with Crippen LogP contribution in [-0.2, 0) is 9.84 Å². The van der Waals surface area contributed by atoms with Crippen molar-refractivity contribution < 1.29 is 18.1 Å². The normalized spacial score (nSPS) is 11.3. The predicted molar refractivity (Wildman–Crippen MR) is 95.9 cm³/mol. The molecule has 1 aromatic heterocycles. The molecule has 0 fully saturated rings. The van der Waals surface area contributed by atoms with E-state index in [2.05, 4.69) is 10.3 Å². The van der Waals surface area contributed by atoms with Crippen LogP contribution in [0.5, 0.6) is 0 Å². The summed E-state index contributed by atoms with van der Waals surface area (Å²) in [5.41, 5.74) is 0.510. The zero-order valence-electron chi connectivity index (χ0n) is 13.5. The number of nitrogens with one attached hydrogen (secondary N) is 1. The van der Waals surface area contributed by atoms with Crippen LogP contribution < -0.4 is 5.32 Å². The number of anilines is 1. The summed E-state index contributed by atoms with van der Waals surface area (Å²) in [5.74, 6) is -0.606. The van der Waals surface area contributed by atoms with Gasteiger partial charge in [0.15, 0.2) is 9.84 Å². The average molecular weight is 371 g/mol. The number of aromatic nitrogens is 1. The summed E-state index contributed by atoms with van der Waals surface area (Å²) >= 11 is 0. The highest BCUT2D eigenvalue weighted by Crippen LogP contribution is 2.25. The topological polar surface area (TPSA) is 119 Å². The number of rotatable bonds is 4. The molecule has 0 bridgehead atoms. The highest BCUT2D eigenvalue weighted by molar-refractivity contribution is 7.90. The molecule has 3 aromatic rings. The maximum absolute atomic E-state index is 12.4. The molecular weight excluding hydrogens is 358 g/mol. The van der Waals surface area contributed by atoms with Gasteiger partial charge in [-0.3, -0.25) is 19.9 Å². The van der Waals surface area contributed by atoms with Gasteiger partial charge in [0.25, 0.3) is 11.6 Å². The third kappa shape index (κ3) is 3.52. The molecule has 3 rings (SSSR count). The zero-order valence-corrected chi connectivity index (χ0v) is 14.4. The Hall–Kier alpha value is -3.33. The Morgan fingerprint density at radius 1 is 1.15 bits per heavy atom. The molecule has 1 amide bonds. The highest BCUT2D eigenvalue weighted by atomic mass is 32.2. The number of carbonyl (C=O) groups excluding carboxylic acids is 1. The van der Waals surface area contributed by atoms with Gasteiger partial charge >= 0.3 is 0 Å². The number of fused-ring (bicyclic) bond motifs is 1. The first-order valence-electron chi connectivity index (χ1n) is 7.40. The first-order chi connectivity index (χ1) is 12.3. The first kappa shape index (κ1) is 17.5. The number of sulfone groups is 1. The number of carbonyl (C=O) groups is 1. The van der Waals surface area contributed by atoms with Crippen LogP contribution in [0.2, 0.25) is 0 Å². The number of benzene rings is 2. The van der Waals surface area contributed by atoms with Gasteiger partial charge in [-0.1, -0.05) is 18.2 Å². The number of para-hydroxylation sites is 1. The second-order valence-corrected chi connectivity index (χ2v) is 7.57. The Kier molecular flexibility index (Phi) is 4.39. The molecule has 132 valence electrons. The van der Waals surface area contributed by atoms with E-state index in [-0.39, 0.29) is 5.56 Å². The molecule has 0 radical (unpaired) electrons. The van der Waals surface area contributed by atoms with Gasteiger partial charge in [-0.2, -0.15) is 0 Å². The Morgan fingerprint density at radius 3 is 2.58 bits per heavy atom. The minimum absolute atomic E-state index is 0.0303. The van der Waals surface area contributed by atoms with Crippen molar-refractivity contribution in [2.75, 3.05) is 11.6 Å². The van der Waals surface area contributed by atoms with Crippen LogP contribution in [0.3, 0.4) is 0 Å². The molecule has 8 nitrogen and oxygen atoms in total. The van der Waals surface area contributed by atoms with E-state index in [0.29, 0.717) is 5.69 Å². The maximum Gasteiger partial charge on any atom is 0.288 e. The first-order valence-corrected chi connectivity index (χ1v) is 9.29. The number of amides is 1. The van der Waals surface area contributed by atoms with E-state index in [9.17, 15) is 23.3 Å². The summed E-state index contributed by atoms with van der Waals surface area (Å²) in [6, 6.07) is 12.3. The fourth-order valence-electron chi connectivity index (χ4n) is 2.46. The monoisotopic (exact) mass is 371 g/mol. The zero-order chi connectivity index (χ0) is 18.9. The molecule has 0 unspecified atom stereocenters. The molecule has 1 heterocycles. The standard InChI is InChI=1S/C17H13N3O5S/c1-26(24,25)16-7-6-12(9-15(16)20(22)23)17(21)19-13-8-11-4-2-3-5-14(11)18-10-13/h2-10H,1H3,(H,19,21). The Balaban J connectivity index is 1.94. The van der Waals surface area contributed by atoms with Crippen molar-refractivity contribution in [1.29, 1.82) is 0 Å². The molecule has 2 aromatic carbocycles. The lowest BCUT2D eigenvalue weighted by molar-refractivity contribution is -0.387. The average Bonchev–Trinajstić information content (AvgIpc) is 2.60. The third-order valence-corrected chi connectivity index (χ3v) is 4.81. The second kappa shape index (κ2) is 6.52. The predicted octanol–water partition coefficient (Wildman–Crippen LogP) is 2.80. The van der Waals surface area contributed by atoms with Gasteiger partial charge in [0.2, 0.25) is 0 Å². The highest BCUT2D eigenvalue weighted by Gasteiger charge is 2.24. The quantitative estimate of drug-likeness (QED) is 0.556. The molecule has 1 N–H and O–H groups in total. The van der Waals surface area contributed by atoms with Gasteiger partial charge in [-0.15, -0.1) is 0 Å². The van der Waals surface area contributed by atoms with E-state index in [0.717, 1.165) is 29.3 Å². The van der Waals surface area contributed by atoms with Crippen LogP contribution in [0.1, 0.15) is 10.4 Å². The van der Waals surface area contributed by atoms with Crippen molar-refractivity contribution in [3.05, 3.63) is 70.4 Å². The smallest absolute Gasteiger partial charge is 0.288 e. The number of hydrogen-bond acceptors (Lipinski definition) is 6. The van der Waals surface area contributed by atoms with Gasteiger partial charge < -0.3 is 5.32 Å². The molecule has 26 heavy (non-hydrogen) atoms. The van der Waals surface area contributed by atoms with E-state index in [4.69, 9.17) is 0 Å². The summed E-state index contributed by atoms with van der Waals surface area (Å²) < 4.78 is 23.3. The molecule has 0 atom stereocenters. The SMILES string of the molecule is CS(=O)(=O)c1ccc(C(=O)Nc2cnc3ccccc3c2)cc1[N+](=O)[O-]. The largest absolute Gasteiger partial charge is 0.321 e. The summed E-state index contributed by atoms with van der Waals surface area (Å²) in [6.45, 7) is 0. The minimum Gasteiger partial charge on any atom is -0.321 e. The number of nitro benzene ring substituents is 1. The fourth-order valence-corrected chi connectivity index (χ4v) is 3.29. The maximum atomic E-state index is 12.4. The second-order valence-electron chi connectivity index (χ2n) is 5.58. The molecular formula is C17H13N3O5S. The summed E-state index contributed by atoms with van der Waals surface area (Å²) in [4.78, 5) is 26.5. The van der Waals surface area contributed by atoms with Crippen LogP contribution in [-0.4, -0.2) is 30.5 Å². The molecule has 0 spiro atoms. The van der Waals surface area contributed by atoms with Crippen molar-refractivity contribution in [1.82, 2.24) is 4.98 Å². The van der Waals surface area contributed by atoms with Gasteiger partial charge in [0, 0.05) is 23.3 Å². The van der Waals surface area contributed by atoms with E-state index in [1.807, 2.05) is 24.3 Å². The Labute approximate surface area is 148 Å². The summed E-state index contributed by atoms with van der Waals surface area (Å²) in [5, 5.41) is 14.6. The van der Waals surface area contributed by atoms with Crippen LogP contribution in [0.15, 0.2) is 59.6 Å². The Bertz CT molecular complexity index is 1140. The lowest BCUT2D eigenvalue weighted by atomic mass is 10.1. The van der Waals surface area contributed by atoms with E-state index < -0.39 is 31.3 Å². The van der Waals surface area contributed by atoms with Crippen molar-refractivity contribution in [3.8, 4) is 0 Å². The van der Waals surface area contributed by atoms with Crippen molar-refractivity contribution in [2.24, 2.45) is 0 Å². The van der Waals surface area contributed by atoms with Crippen molar-refractivity contribution >= 4 is 38.0 Å². The van der Waals surface area contributed by atoms with E-state index in [1.165, 1.54) is 12.3 Å². The summed E-state index contributed by atoms with van der Waals surface area (Å²) in [6.07, 6.45) is 2.34.